The maximum Gasteiger partial charge on any atom is 2.00 e. The van der Waals surface area contributed by atoms with Gasteiger partial charge in [0.25, 0.3) is 0 Å². The zero-order chi connectivity index (χ0) is 24.8. The number of allylic oxidation sites excluding steroid dienone is 4. The normalized spacial score (nSPS) is 11.5. The van der Waals surface area contributed by atoms with Gasteiger partial charge in [-0.3, -0.25) is 6.08 Å². The number of aryl methyl sites for hydroxylation is 3. The predicted octanol–water partition coefficient (Wildman–Crippen LogP) is 8.27. The summed E-state index contributed by atoms with van der Waals surface area (Å²) in [6.45, 7) is 2.19. The van der Waals surface area contributed by atoms with Gasteiger partial charge in [-0.25, -0.2) is 12.2 Å². The van der Waals surface area contributed by atoms with Crippen LogP contribution in [0.4, 0.5) is 0 Å². The Hall–Kier alpha value is -2.89. The average molecular weight is 532 g/mol. The predicted molar refractivity (Wildman–Crippen MR) is 160 cm³/mol. The first-order valence-corrected chi connectivity index (χ1v) is 13.6. The van der Waals surface area contributed by atoms with Gasteiger partial charge in [0.2, 0.25) is 0 Å². The number of fused-ring (bicyclic) bond motifs is 1. The molecule has 182 valence electrons. The fourth-order valence-corrected chi connectivity index (χ4v) is 5.32. The van der Waals surface area contributed by atoms with Gasteiger partial charge in [0, 0.05) is 0 Å². The third kappa shape index (κ3) is 9.49. The Labute approximate surface area is 239 Å². The maximum absolute atomic E-state index is 2.99. The van der Waals surface area contributed by atoms with Crippen molar-refractivity contribution in [3.63, 3.8) is 0 Å². The van der Waals surface area contributed by atoms with Crippen LogP contribution < -0.4 is 10.6 Å². The summed E-state index contributed by atoms with van der Waals surface area (Å²) in [5.41, 5.74) is 4.21. The third-order valence-corrected chi connectivity index (χ3v) is 7.60. The van der Waals surface area contributed by atoms with E-state index in [1.165, 1.54) is 38.1 Å². The molecule has 37 heavy (non-hydrogen) atoms. The molecule has 0 nitrogen and oxygen atoms in total. The molecule has 0 saturated heterocycles. The van der Waals surface area contributed by atoms with Crippen molar-refractivity contribution >= 4 is 30.0 Å². The van der Waals surface area contributed by atoms with Crippen molar-refractivity contribution in [3.05, 3.63) is 162 Å². The van der Waals surface area contributed by atoms with Crippen molar-refractivity contribution in [1.82, 2.24) is 0 Å². The quantitative estimate of drug-likeness (QED) is 0.121. The van der Waals surface area contributed by atoms with Gasteiger partial charge >= 0.3 is 21.7 Å². The molecule has 1 atom stereocenters. The molecule has 0 bridgehead atoms. The molecule has 1 unspecified atom stereocenters. The minimum atomic E-state index is 0. The van der Waals surface area contributed by atoms with Crippen LogP contribution in [-0.4, -0.2) is 0 Å². The molecule has 0 radical (unpaired) electrons. The summed E-state index contributed by atoms with van der Waals surface area (Å²) >= 11 is 0. The van der Waals surface area contributed by atoms with E-state index in [1.54, 1.807) is 0 Å². The molecule has 0 aliphatic heterocycles. The van der Waals surface area contributed by atoms with Crippen LogP contribution >= 0.6 is 8.58 Å². The molecule has 5 aromatic carbocycles. The van der Waals surface area contributed by atoms with Crippen LogP contribution in [0.1, 0.15) is 23.1 Å². The molecule has 0 saturated carbocycles. The molecule has 1 aliphatic carbocycles. The number of hydrogen-bond acceptors (Lipinski definition) is 0. The Bertz CT molecular complexity index is 1330. The molecule has 5 aromatic rings. The van der Waals surface area contributed by atoms with Crippen LogP contribution in [0.2, 0.25) is 0 Å². The second kappa shape index (κ2) is 16.1. The summed E-state index contributed by atoms with van der Waals surface area (Å²) < 4.78 is 0. The van der Waals surface area contributed by atoms with Crippen LogP contribution in [0.15, 0.2) is 140 Å². The monoisotopic (exact) mass is 532 g/mol. The number of benzene rings is 4. The van der Waals surface area contributed by atoms with Crippen LogP contribution in [0, 0.1) is 13.0 Å². The van der Waals surface area contributed by atoms with Gasteiger partial charge in [0.15, 0.2) is 0 Å². The van der Waals surface area contributed by atoms with E-state index in [0.717, 1.165) is 27.8 Å². The van der Waals surface area contributed by atoms with E-state index in [9.17, 15) is 0 Å². The molecule has 6 rings (SSSR count). The largest absolute Gasteiger partial charge is 2.00 e. The number of rotatable bonds is 5. The molecular formula is C35H33PTi. The topological polar surface area (TPSA) is 0 Å². The van der Waals surface area contributed by atoms with Crippen molar-refractivity contribution in [2.75, 3.05) is 0 Å². The second-order valence-corrected chi connectivity index (χ2v) is 10.1. The standard InChI is InChI=1S/C16H14P.C14H14.C5H5.Ti/c1-12-6-2-5-9-15(12)17-16-11-10-13-7-3-4-8-14(13)16;1-3-7-13(8-4-1)11-12-14-9-5-2-6-10-14;1-2-4-5-3-1;/h2-11,17H,1H3;1-10H,11-12H2;1-3H,4H2;/q-1;;-1;+2. The molecule has 0 N–H and O–H groups in total. The van der Waals surface area contributed by atoms with E-state index in [4.69, 9.17) is 0 Å². The summed E-state index contributed by atoms with van der Waals surface area (Å²) in [4.78, 5) is 0. The fraction of sp³-hybridized carbons (Fsp3) is 0.114. The van der Waals surface area contributed by atoms with Crippen LogP contribution in [0.3, 0.4) is 0 Å². The van der Waals surface area contributed by atoms with Gasteiger partial charge in [0.1, 0.15) is 0 Å². The first-order valence-electron chi connectivity index (χ1n) is 12.6. The van der Waals surface area contributed by atoms with E-state index >= 15 is 0 Å². The van der Waals surface area contributed by atoms with E-state index in [2.05, 4.69) is 140 Å². The first-order chi connectivity index (χ1) is 17.8. The molecular weight excluding hydrogens is 499 g/mol. The smallest absolute Gasteiger partial charge is 0.273 e. The zero-order valence-corrected chi connectivity index (χ0v) is 24.0. The van der Waals surface area contributed by atoms with Gasteiger partial charge in [-0.15, -0.1) is 55.3 Å². The zero-order valence-electron chi connectivity index (χ0n) is 21.4. The van der Waals surface area contributed by atoms with Gasteiger partial charge in [-0.1, -0.05) is 91.0 Å². The van der Waals surface area contributed by atoms with E-state index in [0.29, 0.717) is 0 Å². The van der Waals surface area contributed by atoms with E-state index < -0.39 is 0 Å². The van der Waals surface area contributed by atoms with Gasteiger partial charge in [-0.05, 0) is 41.8 Å². The molecule has 0 spiro atoms. The summed E-state index contributed by atoms with van der Waals surface area (Å²) in [7, 11) is 0.754. The van der Waals surface area contributed by atoms with Gasteiger partial charge in [-0.2, -0.15) is 12.1 Å². The number of hydrogen-bond donors (Lipinski definition) is 0. The first kappa shape index (κ1) is 28.7. The molecule has 0 amide bonds. The average Bonchev–Trinajstić information content (AvgIpc) is 3.65. The van der Waals surface area contributed by atoms with Crippen molar-refractivity contribution in [3.8, 4) is 0 Å². The second-order valence-electron chi connectivity index (χ2n) is 8.75. The van der Waals surface area contributed by atoms with Crippen LogP contribution in [0.5, 0.6) is 0 Å². The van der Waals surface area contributed by atoms with Gasteiger partial charge in [0.05, 0.1) is 0 Å². The Balaban J connectivity index is 0.000000171. The molecule has 2 heteroatoms. The minimum Gasteiger partial charge on any atom is -0.273 e. The van der Waals surface area contributed by atoms with Crippen molar-refractivity contribution < 1.29 is 21.7 Å². The molecule has 1 aliphatic rings. The third-order valence-electron chi connectivity index (χ3n) is 6.07. The van der Waals surface area contributed by atoms with E-state index in [-0.39, 0.29) is 21.7 Å². The minimum absolute atomic E-state index is 0. The SMILES string of the molecule is Cc1ccccc1P[c-]1ccc2ccccc21.[C-]1=CC=CC1.[Ti+2].c1ccc(CCc2ccccc2)cc1. The summed E-state index contributed by atoms with van der Waals surface area (Å²) in [6.07, 6.45) is 12.3. The fourth-order valence-electron chi connectivity index (χ4n) is 4.04. The van der Waals surface area contributed by atoms with Gasteiger partial charge < -0.3 is 0 Å². The summed E-state index contributed by atoms with van der Waals surface area (Å²) in [5, 5.41) is 5.65. The van der Waals surface area contributed by atoms with Crippen molar-refractivity contribution in [2.45, 2.75) is 26.2 Å². The van der Waals surface area contributed by atoms with E-state index in [1.807, 2.05) is 12.2 Å². The van der Waals surface area contributed by atoms with Crippen molar-refractivity contribution in [2.24, 2.45) is 0 Å². The summed E-state index contributed by atoms with van der Waals surface area (Å²) in [6, 6.07) is 43.0. The Kier molecular flexibility index (Phi) is 12.4. The Morgan fingerprint density at radius 2 is 1.30 bits per heavy atom. The van der Waals surface area contributed by atoms with Crippen LogP contribution in [0.25, 0.3) is 10.8 Å². The summed E-state index contributed by atoms with van der Waals surface area (Å²) in [5.74, 6) is 0. The Morgan fingerprint density at radius 3 is 1.86 bits per heavy atom. The van der Waals surface area contributed by atoms with Crippen LogP contribution in [-0.2, 0) is 34.6 Å². The molecule has 0 heterocycles. The Morgan fingerprint density at radius 1 is 0.703 bits per heavy atom. The van der Waals surface area contributed by atoms with Crippen molar-refractivity contribution in [1.29, 1.82) is 0 Å². The molecule has 0 aromatic heterocycles. The maximum atomic E-state index is 2.99. The molecule has 0 fully saturated rings.